The Kier molecular flexibility index (Phi) is 4.11. The van der Waals surface area contributed by atoms with Crippen LogP contribution in [0.3, 0.4) is 0 Å². The topological polar surface area (TPSA) is 0 Å². The van der Waals surface area contributed by atoms with Gasteiger partial charge in [0.05, 0.1) is 0 Å². The summed E-state index contributed by atoms with van der Waals surface area (Å²) in [5.74, 6) is 2.93. The number of hydrogen-bond acceptors (Lipinski definition) is 0. The SMILES string of the molecule is CC(C)CC1CCCCCC1C. The zero-order valence-electron chi connectivity index (χ0n) is 8.97. The predicted molar refractivity (Wildman–Crippen MR) is 55.2 cm³/mol. The summed E-state index contributed by atoms with van der Waals surface area (Å²) in [4.78, 5) is 0. The maximum Gasteiger partial charge on any atom is -0.0386 e. The summed E-state index contributed by atoms with van der Waals surface area (Å²) in [5.41, 5.74) is 0. The molecule has 0 aromatic rings. The van der Waals surface area contributed by atoms with Crippen LogP contribution in [0.1, 0.15) is 59.3 Å². The fraction of sp³-hybridized carbons (Fsp3) is 1.00. The van der Waals surface area contributed by atoms with Gasteiger partial charge >= 0.3 is 0 Å². The van der Waals surface area contributed by atoms with Crippen molar-refractivity contribution in [2.45, 2.75) is 59.3 Å². The van der Waals surface area contributed by atoms with E-state index in [1.165, 1.54) is 38.5 Å². The quantitative estimate of drug-likeness (QED) is 0.541. The van der Waals surface area contributed by atoms with Crippen LogP contribution in [-0.4, -0.2) is 0 Å². The number of rotatable bonds is 2. The second-order valence-corrected chi connectivity index (χ2v) is 5.00. The Morgan fingerprint density at radius 1 is 1.08 bits per heavy atom. The lowest BCUT2D eigenvalue weighted by Gasteiger charge is -2.22. The Bertz CT molecular complexity index is 115. The van der Waals surface area contributed by atoms with Gasteiger partial charge in [-0.3, -0.25) is 0 Å². The molecule has 0 spiro atoms. The lowest BCUT2D eigenvalue weighted by atomic mass is 9.83. The third-order valence-corrected chi connectivity index (χ3v) is 3.31. The lowest BCUT2D eigenvalue weighted by molar-refractivity contribution is 0.284. The highest BCUT2D eigenvalue weighted by atomic mass is 14.3. The lowest BCUT2D eigenvalue weighted by Crippen LogP contribution is -2.12. The summed E-state index contributed by atoms with van der Waals surface area (Å²) in [6.45, 7) is 7.17. The Morgan fingerprint density at radius 3 is 2.42 bits per heavy atom. The summed E-state index contributed by atoms with van der Waals surface area (Å²) < 4.78 is 0. The van der Waals surface area contributed by atoms with Gasteiger partial charge < -0.3 is 0 Å². The third-order valence-electron chi connectivity index (χ3n) is 3.31. The van der Waals surface area contributed by atoms with Crippen LogP contribution >= 0.6 is 0 Å². The van der Waals surface area contributed by atoms with Gasteiger partial charge in [0.1, 0.15) is 0 Å². The highest BCUT2D eigenvalue weighted by Crippen LogP contribution is 2.32. The fourth-order valence-electron chi connectivity index (χ4n) is 2.53. The van der Waals surface area contributed by atoms with Gasteiger partial charge in [0.2, 0.25) is 0 Å². The molecule has 12 heavy (non-hydrogen) atoms. The second-order valence-electron chi connectivity index (χ2n) is 5.00. The maximum atomic E-state index is 2.46. The Balaban J connectivity index is 2.36. The fourth-order valence-corrected chi connectivity index (χ4v) is 2.53. The van der Waals surface area contributed by atoms with E-state index in [4.69, 9.17) is 0 Å². The molecule has 1 aliphatic rings. The van der Waals surface area contributed by atoms with Gasteiger partial charge in [-0.05, 0) is 24.2 Å². The van der Waals surface area contributed by atoms with Gasteiger partial charge in [-0.1, -0.05) is 52.9 Å². The van der Waals surface area contributed by atoms with Crippen molar-refractivity contribution in [3.8, 4) is 0 Å². The molecule has 0 heterocycles. The summed E-state index contributed by atoms with van der Waals surface area (Å²) in [7, 11) is 0. The molecular weight excluding hydrogens is 144 g/mol. The highest BCUT2D eigenvalue weighted by molar-refractivity contribution is 4.71. The van der Waals surface area contributed by atoms with E-state index in [9.17, 15) is 0 Å². The van der Waals surface area contributed by atoms with E-state index < -0.39 is 0 Å². The van der Waals surface area contributed by atoms with Crippen LogP contribution in [0.5, 0.6) is 0 Å². The zero-order valence-corrected chi connectivity index (χ0v) is 8.97. The Labute approximate surface area is 77.7 Å². The molecule has 0 saturated heterocycles. The van der Waals surface area contributed by atoms with Gasteiger partial charge in [-0.2, -0.15) is 0 Å². The van der Waals surface area contributed by atoms with E-state index >= 15 is 0 Å². The minimum atomic E-state index is 0.899. The van der Waals surface area contributed by atoms with Crippen LogP contribution in [0.2, 0.25) is 0 Å². The molecule has 1 saturated carbocycles. The van der Waals surface area contributed by atoms with Gasteiger partial charge in [-0.25, -0.2) is 0 Å². The molecule has 72 valence electrons. The minimum absolute atomic E-state index is 0.899. The predicted octanol–water partition coefficient (Wildman–Crippen LogP) is 4.25. The van der Waals surface area contributed by atoms with Gasteiger partial charge in [-0.15, -0.1) is 0 Å². The second kappa shape index (κ2) is 4.89. The third kappa shape index (κ3) is 3.16. The monoisotopic (exact) mass is 168 g/mol. The molecular formula is C12H24. The molecule has 1 rings (SSSR count). The molecule has 2 atom stereocenters. The van der Waals surface area contributed by atoms with Crippen molar-refractivity contribution >= 4 is 0 Å². The van der Waals surface area contributed by atoms with Gasteiger partial charge in [0.15, 0.2) is 0 Å². The van der Waals surface area contributed by atoms with Crippen molar-refractivity contribution in [2.24, 2.45) is 17.8 Å². The van der Waals surface area contributed by atoms with E-state index in [0.717, 1.165) is 17.8 Å². The molecule has 0 aliphatic heterocycles. The minimum Gasteiger partial charge on any atom is -0.0628 e. The van der Waals surface area contributed by atoms with Crippen LogP contribution in [0, 0.1) is 17.8 Å². The van der Waals surface area contributed by atoms with E-state index in [1.54, 1.807) is 0 Å². The number of hydrogen-bond donors (Lipinski definition) is 0. The van der Waals surface area contributed by atoms with Crippen molar-refractivity contribution in [3.63, 3.8) is 0 Å². The summed E-state index contributed by atoms with van der Waals surface area (Å²) >= 11 is 0. The summed E-state index contributed by atoms with van der Waals surface area (Å²) in [6.07, 6.45) is 8.90. The van der Waals surface area contributed by atoms with E-state index in [-0.39, 0.29) is 0 Å². The van der Waals surface area contributed by atoms with E-state index in [0.29, 0.717) is 0 Å². The average molecular weight is 168 g/mol. The van der Waals surface area contributed by atoms with Crippen LogP contribution in [0.15, 0.2) is 0 Å². The molecule has 0 N–H and O–H groups in total. The molecule has 1 fully saturated rings. The molecule has 2 unspecified atom stereocenters. The first kappa shape index (κ1) is 10.1. The van der Waals surface area contributed by atoms with Crippen molar-refractivity contribution in [1.29, 1.82) is 0 Å². The molecule has 0 amide bonds. The standard InChI is InChI=1S/C12H24/c1-10(2)9-12-8-6-4-5-7-11(12)3/h10-12H,4-9H2,1-3H3. The smallest absolute Gasteiger partial charge is 0.0386 e. The first-order valence-corrected chi connectivity index (χ1v) is 5.70. The van der Waals surface area contributed by atoms with Crippen LogP contribution in [0.25, 0.3) is 0 Å². The van der Waals surface area contributed by atoms with Crippen LogP contribution in [0.4, 0.5) is 0 Å². The molecule has 1 aliphatic carbocycles. The normalized spacial score (nSPS) is 32.0. The zero-order chi connectivity index (χ0) is 8.97. The van der Waals surface area contributed by atoms with Crippen molar-refractivity contribution in [2.75, 3.05) is 0 Å². The first-order valence-electron chi connectivity index (χ1n) is 5.70. The van der Waals surface area contributed by atoms with Crippen molar-refractivity contribution in [3.05, 3.63) is 0 Å². The van der Waals surface area contributed by atoms with Crippen molar-refractivity contribution in [1.82, 2.24) is 0 Å². The van der Waals surface area contributed by atoms with E-state index in [1.807, 2.05) is 0 Å². The molecule has 0 aromatic carbocycles. The van der Waals surface area contributed by atoms with Crippen LogP contribution < -0.4 is 0 Å². The molecule has 0 nitrogen and oxygen atoms in total. The Hall–Kier alpha value is 0. The summed E-state index contributed by atoms with van der Waals surface area (Å²) in [6, 6.07) is 0. The average Bonchev–Trinajstić information content (AvgIpc) is 2.16. The van der Waals surface area contributed by atoms with E-state index in [2.05, 4.69) is 20.8 Å². The molecule has 0 bridgehead atoms. The molecule has 0 heteroatoms. The first-order chi connectivity index (χ1) is 5.70. The molecule has 0 aromatic heterocycles. The largest absolute Gasteiger partial charge is 0.0628 e. The Morgan fingerprint density at radius 2 is 1.75 bits per heavy atom. The van der Waals surface area contributed by atoms with Gasteiger partial charge in [0.25, 0.3) is 0 Å². The van der Waals surface area contributed by atoms with Crippen molar-refractivity contribution < 1.29 is 0 Å². The highest BCUT2D eigenvalue weighted by Gasteiger charge is 2.20. The van der Waals surface area contributed by atoms with Crippen LogP contribution in [-0.2, 0) is 0 Å². The van der Waals surface area contributed by atoms with Gasteiger partial charge in [0, 0.05) is 0 Å². The summed E-state index contributed by atoms with van der Waals surface area (Å²) in [5, 5.41) is 0. The maximum absolute atomic E-state index is 2.46. The molecule has 0 radical (unpaired) electrons.